The smallest absolute Gasteiger partial charge is 0.0726 e. The molecule has 0 spiro atoms. The van der Waals surface area contributed by atoms with Gasteiger partial charge in [-0.3, -0.25) is 0 Å². The van der Waals surface area contributed by atoms with Crippen molar-refractivity contribution >= 4 is 0 Å². The predicted molar refractivity (Wildman–Crippen MR) is 60.0 cm³/mol. The van der Waals surface area contributed by atoms with Crippen LogP contribution in [0.5, 0.6) is 0 Å². The second-order valence-electron chi connectivity index (χ2n) is 4.81. The maximum Gasteiger partial charge on any atom is 0.0726 e. The topological polar surface area (TPSA) is 30.5 Å². The fourth-order valence-electron chi connectivity index (χ4n) is 2.45. The van der Waals surface area contributed by atoms with Crippen molar-refractivity contribution in [3.05, 3.63) is 0 Å². The van der Waals surface area contributed by atoms with E-state index in [0.717, 1.165) is 32.3 Å². The molecule has 88 valence electrons. The molecule has 0 radical (unpaired) electrons. The van der Waals surface area contributed by atoms with E-state index in [9.17, 15) is 0 Å². The predicted octanol–water partition coefficient (Wildman–Crippen LogP) is 1.57. The molecule has 2 aliphatic rings. The molecule has 0 aromatic heterocycles. The van der Waals surface area contributed by atoms with Gasteiger partial charge in [-0.25, -0.2) is 0 Å². The average molecular weight is 213 g/mol. The van der Waals surface area contributed by atoms with Crippen LogP contribution in [0.4, 0.5) is 0 Å². The molecule has 2 fully saturated rings. The Bertz CT molecular complexity index is 174. The molecule has 0 aromatic carbocycles. The molecule has 2 heterocycles. The lowest BCUT2D eigenvalue weighted by molar-refractivity contribution is 0.0831. The molecule has 0 saturated carbocycles. The highest BCUT2D eigenvalue weighted by Gasteiger charge is 2.22. The summed E-state index contributed by atoms with van der Waals surface area (Å²) in [7, 11) is 0. The van der Waals surface area contributed by atoms with E-state index in [1.807, 2.05) is 0 Å². The van der Waals surface area contributed by atoms with Gasteiger partial charge in [0.05, 0.1) is 6.10 Å². The van der Waals surface area contributed by atoms with Crippen LogP contribution in [0.3, 0.4) is 0 Å². The minimum atomic E-state index is 0.449. The van der Waals surface area contributed by atoms with E-state index < -0.39 is 0 Å². The zero-order valence-electron chi connectivity index (χ0n) is 9.71. The Kier molecular flexibility index (Phi) is 4.42. The molecular weight excluding hydrogens is 190 g/mol. The van der Waals surface area contributed by atoms with Gasteiger partial charge in [-0.1, -0.05) is 0 Å². The van der Waals surface area contributed by atoms with Crippen molar-refractivity contribution in [2.75, 3.05) is 26.4 Å². The van der Waals surface area contributed by atoms with Gasteiger partial charge < -0.3 is 14.8 Å². The van der Waals surface area contributed by atoms with Crippen LogP contribution >= 0.6 is 0 Å². The molecule has 0 bridgehead atoms. The fourth-order valence-corrected chi connectivity index (χ4v) is 2.45. The summed E-state index contributed by atoms with van der Waals surface area (Å²) in [5.74, 6) is 0.786. The highest BCUT2D eigenvalue weighted by atomic mass is 16.5. The summed E-state index contributed by atoms with van der Waals surface area (Å²) in [6.45, 7) is 6.23. The lowest BCUT2D eigenvalue weighted by Crippen LogP contribution is -2.38. The van der Waals surface area contributed by atoms with Gasteiger partial charge in [-0.15, -0.1) is 0 Å². The van der Waals surface area contributed by atoms with Crippen LogP contribution in [0.25, 0.3) is 0 Å². The van der Waals surface area contributed by atoms with Crippen molar-refractivity contribution in [2.45, 2.75) is 44.8 Å². The Balaban J connectivity index is 1.56. The standard InChI is InChI=1S/C12H23NO2/c1-10(12-3-2-7-15-12)13-6-4-11-5-8-14-9-11/h10-13H,2-9H2,1H3. The van der Waals surface area contributed by atoms with Crippen LogP contribution < -0.4 is 5.32 Å². The number of nitrogens with one attached hydrogen (secondary N) is 1. The minimum Gasteiger partial charge on any atom is -0.381 e. The zero-order chi connectivity index (χ0) is 10.5. The Morgan fingerprint density at radius 1 is 1.33 bits per heavy atom. The van der Waals surface area contributed by atoms with Gasteiger partial charge in [0.25, 0.3) is 0 Å². The molecule has 15 heavy (non-hydrogen) atoms. The second-order valence-corrected chi connectivity index (χ2v) is 4.81. The lowest BCUT2D eigenvalue weighted by atomic mass is 10.0. The average Bonchev–Trinajstić information content (AvgIpc) is 2.90. The van der Waals surface area contributed by atoms with Crippen molar-refractivity contribution in [3.63, 3.8) is 0 Å². The van der Waals surface area contributed by atoms with Crippen molar-refractivity contribution in [1.82, 2.24) is 5.32 Å². The van der Waals surface area contributed by atoms with Gasteiger partial charge in [-0.2, -0.15) is 0 Å². The van der Waals surface area contributed by atoms with Gasteiger partial charge in [-0.05, 0) is 45.1 Å². The van der Waals surface area contributed by atoms with Crippen LogP contribution in [-0.2, 0) is 9.47 Å². The largest absolute Gasteiger partial charge is 0.381 e. The highest BCUT2D eigenvalue weighted by Crippen LogP contribution is 2.17. The van der Waals surface area contributed by atoms with E-state index in [4.69, 9.17) is 9.47 Å². The van der Waals surface area contributed by atoms with Crippen LogP contribution in [0.15, 0.2) is 0 Å². The highest BCUT2D eigenvalue weighted by molar-refractivity contribution is 4.77. The van der Waals surface area contributed by atoms with Crippen LogP contribution in [0.1, 0.15) is 32.6 Å². The number of ether oxygens (including phenoxy) is 2. The van der Waals surface area contributed by atoms with Crippen molar-refractivity contribution in [1.29, 1.82) is 0 Å². The van der Waals surface area contributed by atoms with Gasteiger partial charge >= 0.3 is 0 Å². The number of hydrogen-bond donors (Lipinski definition) is 1. The Hall–Kier alpha value is -0.120. The van der Waals surface area contributed by atoms with E-state index in [-0.39, 0.29) is 0 Å². The van der Waals surface area contributed by atoms with Gasteiger partial charge in [0.15, 0.2) is 0 Å². The minimum absolute atomic E-state index is 0.449. The van der Waals surface area contributed by atoms with Gasteiger partial charge in [0, 0.05) is 25.9 Å². The summed E-state index contributed by atoms with van der Waals surface area (Å²) in [6, 6.07) is 0.509. The molecule has 1 N–H and O–H groups in total. The maximum atomic E-state index is 5.65. The molecule has 3 atom stereocenters. The van der Waals surface area contributed by atoms with Crippen LogP contribution in [0, 0.1) is 5.92 Å². The number of rotatable bonds is 5. The first-order chi connectivity index (χ1) is 7.36. The van der Waals surface area contributed by atoms with E-state index in [1.165, 1.54) is 25.7 Å². The Labute approximate surface area is 92.5 Å². The molecule has 0 aromatic rings. The molecular formula is C12H23NO2. The van der Waals surface area contributed by atoms with E-state index in [1.54, 1.807) is 0 Å². The summed E-state index contributed by atoms with van der Waals surface area (Å²) < 4.78 is 11.0. The van der Waals surface area contributed by atoms with Crippen LogP contribution in [-0.4, -0.2) is 38.5 Å². The van der Waals surface area contributed by atoms with E-state index >= 15 is 0 Å². The van der Waals surface area contributed by atoms with Crippen molar-refractivity contribution < 1.29 is 9.47 Å². The third-order valence-corrected chi connectivity index (χ3v) is 3.57. The number of hydrogen-bond acceptors (Lipinski definition) is 3. The summed E-state index contributed by atoms with van der Waals surface area (Å²) in [6.07, 6.45) is 5.39. The van der Waals surface area contributed by atoms with Crippen molar-refractivity contribution in [2.24, 2.45) is 5.92 Å². The summed E-state index contributed by atoms with van der Waals surface area (Å²) in [4.78, 5) is 0. The SMILES string of the molecule is CC(NCCC1CCOC1)C1CCCO1. The first-order valence-corrected chi connectivity index (χ1v) is 6.29. The molecule has 2 saturated heterocycles. The first-order valence-electron chi connectivity index (χ1n) is 6.29. The van der Waals surface area contributed by atoms with E-state index in [0.29, 0.717) is 12.1 Å². The van der Waals surface area contributed by atoms with Gasteiger partial charge in [0.2, 0.25) is 0 Å². The normalized spacial score (nSPS) is 33.4. The third kappa shape index (κ3) is 3.44. The fraction of sp³-hybridized carbons (Fsp3) is 1.00. The molecule has 3 nitrogen and oxygen atoms in total. The van der Waals surface area contributed by atoms with Crippen LogP contribution in [0.2, 0.25) is 0 Å². The zero-order valence-corrected chi connectivity index (χ0v) is 9.71. The molecule has 2 rings (SSSR count). The maximum absolute atomic E-state index is 5.65. The molecule has 2 aliphatic heterocycles. The Morgan fingerprint density at radius 2 is 2.27 bits per heavy atom. The summed E-state index contributed by atoms with van der Waals surface area (Å²) >= 11 is 0. The molecule has 3 heteroatoms. The van der Waals surface area contributed by atoms with E-state index in [2.05, 4.69) is 12.2 Å². The molecule has 0 aliphatic carbocycles. The third-order valence-electron chi connectivity index (χ3n) is 3.57. The van der Waals surface area contributed by atoms with Gasteiger partial charge in [0.1, 0.15) is 0 Å². The molecule has 3 unspecified atom stereocenters. The first kappa shape index (κ1) is 11.4. The summed E-state index contributed by atoms with van der Waals surface area (Å²) in [5.41, 5.74) is 0. The molecule has 0 amide bonds. The van der Waals surface area contributed by atoms with Crippen molar-refractivity contribution in [3.8, 4) is 0 Å². The second kappa shape index (κ2) is 5.83. The Morgan fingerprint density at radius 3 is 2.93 bits per heavy atom. The quantitative estimate of drug-likeness (QED) is 0.752. The monoisotopic (exact) mass is 213 g/mol. The summed E-state index contributed by atoms with van der Waals surface area (Å²) in [5, 5.41) is 3.57. The lowest BCUT2D eigenvalue weighted by Gasteiger charge is -2.20.